The molecule has 0 saturated heterocycles. The van der Waals surface area contributed by atoms with Crippen LogP contribution in [-0.2, 0) is 21.3 Å². The molecule has 130 valence electrons. The molecule has 2 rings (SSSR count). The lowest BCUT2D eigenvalue weighted by atomic mass is 9.88. The van der Waals surface area contributed by atoms with Gasteiger partial charge in [0.15, 0.2) is 0 Å². The summed E-state index contributed by atoms with van der Waals surface area (Å²) in [5.74, 6) is 0.543. The number of pyridine rings is 1. The van der Waals surface area contributed by atoms with E-state index in [1.54, 1.807) is 0 Å². The van der Waals surface area contributed by atoms with Crippen molar-refractivity contribution >= 4 is 10.0 Å². The van der Waals surface area contributed by atoms with Crippen LogP contribution in [0.25, 0.3) is 0 Å². The summed E-state index contributed by atoms with van der Waals surface area (Å²) in [6, 6.07) is 2.64. The summed E-state index contributed by atoms with van der Waals surface area (Å²) in [5.41, 5.74) is -0.219. The Kier molecular flexibility index (Phi) is 6.00. The minimum atomic E-state index is -3.54. The summed E-state index contributed by atoms with van der Waals surface area (Å²) in [7, 11) is -0.596. The van der Waals surface area contributed by atoms with Crippen molar-refractivity contribution in [1.29, 1.82) is 0 Å². The number of hydrogen-bond donors (Lipinski definition) is 0. The summed E-state index contributed by atoms with van der Waals surface area (Å²) >= 11 is 0. The van der Waals surface area contributed by atoms with E-state index in [0.717, 1.165) is 10.7 Å². The molecule has 1 aromatic rings. The van der Waals surface area contributed by atoms with Gasteiger partial charge in [0.05, 0.1) is 17.6 Å². The second-order valence-electron chi connectivity index (χ2n) is 6.35. The molecule has 1 fully saturated rings. The Bertz CT molecular complexity index is 682. The smallest absolute Gasteiger partial charge is 0.250 e. The van der Waals surface area contributed by atoms with E-state index in [0.29, 0.717) is 19.1 Å². The average molecular weight is 342 g/mol. The number of nitrogens with zero attached hydrogens (tertiary/aromatic N) is 2. The first kappa shape index (κ1) is 18.2. The fraction of sp³-hybridized carbons (Fsp3) is 0.688. The van der Waals surface area contributed by atoms with Gasteiger partial charge in [-0.2, -0.15) is 0 Å². The molecule has 23 heavy (non-hydrogen) atoms. The molecule has 2 atom stereocenters. The van der Waals surface area contributed by atoms with Crippen LogP contribution in [0.3, 0.4) is 0 Å². The largest absolute Gasteiger partial charge is 0.376 e. The maximum Gasteiger partial charge on any atom is 0.250 e. The van der Waals surface area contributed by atoms with Gasteiger partial charge >= 0.3 is 0 Å². The van der Waals surface area contributed by atoms with Crippen molar-refractivity contribution in [2.24, 2.45) is 5.92 Å². The van der Waals surface area contributed by atoms with Gasteiger partial charge in [-0.05, 0) is 24.8 Å². The number of rotatable bonds is 6. The van der Waals surface area contributed by atoms with Gasteiger partial charge in [-0.15, -0.1) is 0 Å². The molecule has 1 aliphatic carbocycles. The van der Waals surface area contributed by atoms with E-state index >= 15 is 0 Å². The third-order valence-electron chi connectivity index (χ3n) is 4.43. The summed E-state index contributed by atoms with van der Waals surface area (Å²) < 4.78 is 32.7. The maximum absolute atomic E-state index is 12.1. The first-order valence-corrected chi connectivity index (χ1v) is 9.51. The molecule has 0 unspecified atom stereocenters. The Balaban J connectivity index is 2.04. The molecule has 0 N–H and O–H groups in total. The van der Waals surface area contributed by atoms with E-state index in [9.17, 15) is 13.2 Å². The van der Waals surface area contributed by atoms with Gasteiger partial charge in [-0.1, -0.05) is 19.8 Å². The maximum atomic E-state index is 12.1. The molecule has 6 nitrogen and oxygen atoms in total. The highest BCUT2D eigenvalue weighted by atomic mass is 32.2. The predicted molar refractivity (Wildman–Crippen MR) is 88.9 cm³/mol. The quantitative estimate of drug-likeness (QED) is 0.789. The lowest BCUT2D eigenvalue weighted by Gasteiger charge is -2.28. The second-order valence-corrected chi connectivity index (χ2v) is 8.51. The molecule has 0 bridgehead atoms. The van der Waals surface area contributed by atoms with Crippen LogP contribution in [-0.4, -0.2) is 44.1 Å². The zero-order valence-electron chi connectivity index (χ0n) is 14.1. The first-order valence-electron chi connectivity index (χ1n) is 8.07. The number of ether oxygens (including phenoxy) is 1. The van der Waals surface area contributed by atoms with Crippen LogP contribution < -0.4 is 5.56 Å². The van der Waals surface area contributed by atoms with Gasteiger partial charge in [0.2, 0.25) is 10.0 Å². The van der Waals surface area contributed by atoms with Crippen LogP contribution in [0.5, 0.6) is 0 Å². The molecule has 1 aromatic heterocycles. The van der Waals surface area contributed by atoms with Gasteiger partial charge in [-0.3, -0.25) is 4.79 Å². The Morgan fingerprint density at radius 2 is 1.96 bits per heavy atom. The van der Waals surface area contributed by atoms with E-state index in [2.05, 4.69) is 6.92 Å². The topological polar surface area (TPSA) is 68.6 Å². The van der Waals surface area contributed by atoms with Crippen LogP contribution >= 0.6 is 0 Å². The van der Waals surface area contributed by atoms with Crippen molar-refractivity contribution in [1.82, 2.24) is 8.87 Å². The minimum Gasteiger partial charge on any atom is -0.376 e. The zero-order chi connectivity index (χ0) is 17.0. The molecule has 0 amide bonds. The van der Waals surface area contributed by atoms with Crippen LogP contribution in [0.1, 0.15) is 32.6 Å². The third kappa shape index (κ3) is 4.43. The zero-order valence-corrected chi connectivity index (χ0v) is 14.9. The monoisotopic (exact) mass is 342 g/mol. The second kappa shape index (κ2) is 7.59. The average Bonchev–Trinajstić information content (AvgIpc) is 2.50. The standard InChI is InChI=1S/C16H26N2O4S/c1-13-6-4-5-7-15(13)22-11-10-18-12-14(8-9-16(18)19)23(20,21)17(2)3/h8-9,12-13,15H,4-7,10-11H2,1-3H3/t13-,15+/m0/s1. The lowest BCUT2D eigenvalue weighted by molar-refractivity contribution is -0.00868. The van der Waals surface area contributed by atoms with Crippen LogP contribution in [0.2, 0.25) is 0 Å². The summed E-state index contributed by atoms with van der Waals surface area (Å²) in [5, 5.41) is 0. The van der Waals surface area contributed by atoms with Crippen LogP contribution in [0, 0.1) is 5.92 Å². The summed E-state index contributed by atoms with van der Waals surface area (Å²) in [6.07, 6.45) is 6.32. The van der Waals surface area contributed by atoms with Crippen molar-refractivity contribution < 1.29 is 13.2 Å². The van der Waals surface area contributed by atoms with E-state index in [1.807, 2.05) is 0 Å². The van der Waals surface area contributed by atoms with E-state index in [1.165, 1.54) is 56.3 Å². The number of sulfonamides is 1. The van der Waals surface area contributed by atoms with Crippen molar-refractivity contribution in [3.8, 4) is 0 Å². The molecule has 1 heterocycles. The van der Waals surface area contributed by atoms with Crippen molar-refractivity contribution in [3.63, 3.8) is 0 Å². The normalized spacial score (nSPS) is 22.4. The van der Waals surface area contributed by atoms with Gasteiger partial charge in [0, 0.05) is 32.9 Å². The highest BCUT2D eigenvalue weighted by Gasteiger charge is 2.22. The number of hydrogen-bond acceptors (Lipinski definition) is 4. The highest BCUT2D eigenvalue weighted by Crippen LogP contribution is 2.26. The highest BCUT2D eigenvalue weighted by molar-refractivity contribution is 7.89. The molecule has 1 saturated carbocycles. The van der Waals surface area contributed by atoms with Crippen LogP contribution in [0.15, 0.2) is 28.0 Å². The molecule has 1 aliphatic rings. The van der Waals surface area contributed by atoms with E-state index in [-0.39, 0.29) is 16.6 Å². The van der Waals surface area contributed by atoms with Crippen molar-refractivity contribution in [2.75, 3.05) is 20.7 Å². The van der Waals surface area contributed by atoms with Crippen molar-refractivity contribution in [3.05, 3.63) is 28.7 Å². The Labute approximate surface area is 138 Å². The van der Waals surface area contributed by atoms with Gasteiger partial charge < -0.3 is 9.30 Å². The van der Waals surface area contributed by atoms with E-state index < -0.39 is 10.0 Å². The first-order chi connectivity index (χ1) is 10.8. The Morgan fingerprint density at radius 1 is 1.26 bits per heavy atom. The fourth-order valence-corrected chi connectivity index (χ4v) is 3.80. The van der Waals surface area contributed by atoms with Gasteiger partial charge in [0.1, 0.15) is 0 Å². The molecule has 0 spiro atoms. The van der Waals surface area contributed by atoms with Crippen LogP contribution in [0.4, 0.5) is 0 Å². The van der Waals surface area contributed by atoms with Gasteiger partial charge in [-0.25, -0.2) is 12.7 Å². The minimum absolute atomic E-state index is 0.119. The lowest BCUT2D eigenvalue weighted by Crippen LogP contribution is -2.29. The van der Waals surface area contributed by atoms with E-state index in [4.69, 9.17) is 4.74 Å². The molecular weight excluding hydrogens is 316 g/mol. The molecule has 0 aromatic carbocycles. The molecule has 7 heteroatoms. The summed E-state index contributed by atoms with van der Waals surface area (Å²) in [6.45, 7) is 2.97. The number of aromatic nitrogens is 1. The SMILES string of the molecule is C[C@H]1CCCC[C@H]1OCCn1cc(S(=O)(=O)N(C)C)ccc1=O. The Hall–Kier alpha value is -1.18. The predicted octanol–water partition coefficient (Wildman–Crippen LogP) is 1.69. The fourth-order valence-electron chi connectivity index (χ4n) is 2.88. The summed E-state index contributed by atoms with van der Waals surface area (Å²) in [4.78, 5) is 12.0. The molecule has 0 radical (unpaired) electrons. The Morgan fingerprint density at radius 3 is 2.61 bits per heavy atom. The van der Waals surface area contributed by atoms with Crippen molar-refractivity contribution in [2.45, 2.75) is 50.2 Å². The molecule has 0 aliphatic heterocycles. The molecular formula is C16H26N2O4S. The third-order valence-corrected chi connectivity index (χ3v) is 6.23. The van der Waals surface area contributed by atoms with Gasteiger partial charge in [0.25, 0.3) is 5.56 Å².